The minimum atomic E-state index is -1.04. The molecule has 1 saturated heterocycles. The van der Waals surface area contributed by atoms with Gasteiger partial charge in [-0.25, -0.2) is 9.79 Å². The molecule has 1 aliphatic rings. The van der Waals surface area contributed by atoms with Crippen molar-refractivity contribution in [2.45, 2.75) is 13.8 Å². The smallest absolute Gasteiger partial charge is 0.335 e. The van der Waals surface area contributed by atoms with E-state index in [1.54, 1.807) is 24.3 Å². The molecule has 0 atom stereocenters. The van der Waals surface area contributed by atoms with Gasteiger partial charge >= 0.3 is 5.97 Å². The highest BCUT2D eigenvalue weighted by atomic mass is 32.2. The highest BCUT2D eigenvalue weighted by molar-refractivity contribution is 8.18. The molecule has 2 aromatic rings. The van der Waals surface area contributed by atoms with Crippen LogP contribution in [-0.4, -0.2) is 33.9 Å². The lowest BCUT2D eigenvalue weighted by Crippen LogP contribution is -2.19. The average Bonchev–Trinajstić information content (AvgIpc) is 2.99. The van der Waals surface area contributed by atoms with Crippen LogP contribution >= 0.6 is 11.8 Å². The first kappa shape index (κ1) is 19.5. The fourth-order valence-electron chi connectivity index (χ4n) is 2.50. The summed E-state index contributed by atoms with van der Waals surface area (Å²) in [7, 11) is 0. The number of hydrogen-bond acceptors (Lipinski definition) is 6. The van der Waals surface area contributed by atoms with Gasteiger partial charge in [0.25, 0.3) is 5.91 Å². The van der Waals surface area contributed by atoms with Crippen LogP contribution in [0.3, 0.4) is 0 Å². The third-order valence-corrected chi connectivity index (χ3v) is 4.82. The van der Waals surface area contributed by atoms with Gasteiger partial charge in [-0.2, -0.15) is 0 Å². The maximum Gasteiger partial charge on any atom is 0.335 e. The van der Waals surface area contributed by atoms with E-state index in [0.717, 1.165) is 17.3 Å². The number of aromatic carboxylic acids is 1. The molecule has 3 N–H and O–H groups in total. The van der Waals surface area contributed by atoms with Crippen molar-refractivity contribution < 1.29 is 24.5 Å². The monoisotopic (exact) mass is 398 g/mol. The maximum absolute atomic E-state index is 12.3. The van der Waals surface area contributed by atoms with Crippen molar-refractivity contribution in [3.8, 4) is 11.5 Å². The van der Waals surface area contributed by atoms with E-state index in [1.165, 1.54) is 18.2 Å². The Morgan fingerprint density at radius 3 is 2.79 bits per heavy atom. The first-order chi connectivity index (χ1) is 13.4. The number of carboxylic acid groups (broad SMARTS) is 1. The number of carbonyl (C=O) groups is 2. The number of ether oxygens (including phenoxy) is 1. The maximum atomic E-state index is 12.3. The van der Waals surface area contributed by atoms with E-state index in [2.05, 4.69) is 10.3 Å². The first-order valence-electron chi connectivity index (χ1n) is 8.46. The minimum absolute atomic E-state index is 0.0311. The lowest BCUT2D eigenvalue weighted by atomic mass is 10.1. The number of hydrogen-bond donors (Lipinski definition) is 3. The van der Waals surface area contributed by atoms with Crippen LogP contribution in [0.5, 0.6) is 11.5 Å². The van der Waals surface area contributed by atoms with Crippen LogP contribution in [-0.2, 0) is 4.79 Å². The molecule has 0 aliphatic carbocycles. The summed E-state index contributed by atoms with van der Waals surface area (Å²) < 4.78 is 5.35. The molecule has 0 unspecified atom stereocenters. The van der Waals surface area contributed by atoms with Crippen molar-refractivity contribution in [3.63, 3.8) is 0 Å². The molecule has 0 radical (unpaired) electrons. The first-order valence-corrected chi connectivity index (χ1v) is 9.28. The molecule has 144 valence electrons. The van der Waals surface area contributed by atoms with Gasteiger partial charge in [0.15, 0.2) is 16.7 Å². The number of aliphatic imine (C=N–C) groups is 1. The van der Waals surface area contributed by atoms with Crippen LogP contribution in [0.2, 0.25) is 0 Å². The summed E-state index contributed by atoms with van der Waals surface area (Å²) in [6, 6.07) is 9.47. The van der Waals surface area contributed by atoms with Crippen molar-refractivity contribution in [1.29, 1.82) is 0 Å². The molecular formula is C20H18N2O5S. The second-order valence-electron chi connectivity index (χ2n) is 5.95. The van der Waals surface area contributed by atoms with Crippen LogP contribution in [0.4, 0.5) is 5.69 Å². The number of nitrogens with zero attached hydrogens (tertiary/aromatic N) is 1. The largest absolute Gasteiger partial charge is 0.504 e. The number of phenols is 1. The standard InChI is InChI=1S/C20H18N2O5S/c1-3-27-16-8-12(5-7-15(16)23)9-17-18(24)22-20(28-17)21-14-10-13(19(25)26)6-4-11(14)2/h4-10,23H,3H2,1-2H3,(H,25,26)(H,21,22,24)/b17-9-. The molecule has 3 rings (SSSR count). The van der Waals surface area contributed by atoms with Gasteiger partial charge in [0.05, 0.1) is 22.8 Å². The van der Waals surface area contributed by atoms with E-state index in [1.807, 2.05) is 13.8 Å². The number of phenolic OH excluding ortho intramolecular Hbond substituents is 1. The van der Waals surface area contributed by atoms with Crippen LogP contribution in [0.15, 0.2) is 46.3 Å². The Balaban J connectivity index is 1.87. The molecule has 0 saturated carbocycles. The molecule has 0 spiro atoms. The van der Waals surface area contributed by atoms with Gasteiger partial charge in [0, 0.05) is 0 Å². The van der Waals surface area contributed by atoms with Crippen molar-refractivity contribution in [1.82, 2.24) is 5.32 Å². The summed E-state index contributed by atoms with van der Waals surface area (Å²) >= 11 is 1.15. The Morgan fingerprint density at radius 2 is 2.07 bits per heavy atom. The summed E-state index contributed by atoms with van der Waals surface area (Å²) in [5.41, 5.74) is 2.10. The van der Waals surface area contributed by atoms with Gasteiger partial charge < -0.3 is 20.3 Å². The topological polar surface area (TPSA) is 108 Å². The van der Waals surface area contributed by atoms with Crippen molar-refractivity contribution in [3.05, 3.63) is 58.0 Å². The second kappa shape index (κ2) is 8.18. The van der Waals surface area contributed by atoms with Crippen LogP contribution < -0.4 is 10.1 Å². The summed E-state index contributed by atoms with van der Waals surface area (Å²) in [6.07, 6.45) is 1.67. The lowest BCUT2D eigenvalue weighted by Gasteiger charge is -2.06. The fourth-order valence-corrected chi connectivity index (χ4v) is 3.33. The SMILES string of the molecule is CCOc1cc(/C=C2\SC(=Nc3cc(C(=O)O)ccc3C)NC2=O)ccc1O. The summed E-state index contributed by atoms with van der Waals surface area (Å²) in [4.78, 5) is 28.2. The van der Waals surface area contributed by atoms with E-state index in [4.69, 9.17) is 9.84 Å². The number of amidine groups is 1. The molecular weight excluding hydrogens is 380 g/mol. The van der Waals surface area contributed by atoms with Crippen LogP contribution in [0.1, 0.15) is 28.4 Å². The summed E-state index contributed by atoms with van der Waals surface area (Å²) in [5.74, 6) is -0.969. The Morgan fingerprint density at radius 1 is 1.29 bits per heavy atom. The van der Waals surface area contributed by atoms with Gasteiger partial charge in [-0.1, -0.05) is 12.1 Å². The lowest BCUT2D eigenvalue weighted by molar-refractivity contribution is -0.115. The Bertz CT molecular complexity index is 1010. The van der Waals surface area contributed by atoms with Gasteiger partial charge in [0.1, 0.15) is 0 Å². The van der Waals surface area contributed by atoms with Crippen molar-refractivity contribution in [2.75, 3.05) is 6.61 Å². The molecule has 7 nitrogen and oxygen atoms in total. The number of rotatable bonds is 5. The number of carbonyl (C=O) groups excluding carboxylic acids is 1. The van der Waals surface area contributed by atoms with Gasteiger partial charge in [-0.05, 0) is 67.1 Å². The van der Waals surface area contributed by atoms with Crippen molar-refractivity contribution >= 4 is 40.6 Å². The Labute approximate surface area is 165 Å². The van der Waals surface area contributed by atoms with Gasteiger partial charge in [0.2, 0.25) is 0 Å². The molecule has 2 aromatic carbocycles. The highest BCUT2D eigenvalue weighted by Crippen LogP contribution is 2.32. The number of nitrogens with one attached hydrogen (secondary N) is 1. The quantitative estimate of drug-likeness (QED) is 0.663. The van der Waals surface area contributed by atoms with Crippen LogP contribution in [0.25, 0.3) is 6.08 Å². The molecule has 1 aliphatic heterocycles. The normalized spacial score (nSPS) is 16.4. The molecule has 0 aromatic heterocycles. The van der Waals surface area contributed by atoms with E-state index in [9.17, 15) is 14.7 Å². The fraction of sp³-hybridized carbons (Fsp3) is 0.150. The molecule has 1 amide bonds. The Kier molecular flexibility index (Phi) is 5.70. The zero-order chi connectivity index (χ0) is 20.3. The number of amides is 1. The van der Waals surface area contributed by atoms with E-state index in [0.29, 0.717) is 33.7 Å². The second-order valence-corrected chi connectivity index (χ2v) is 6.98. The zero-order valence-corrected chi connectivity index (χ0v) is 16.0. The molecule has 1 heterocycles. The predicted octanol–water partition coefficient (Wildman–Crippen LogP) is 3.69. The Hall–Kier alpha value is -3.26. The molecule has 28 heavy (non-hydrogen) atoms. The molecule has 0 bridgehead atoms. The zero-order valence-electron chi connectivity index (χ0n) is 15.2. The predicted molar refractivity (Wildman–Crippen MR) is 108 cm³/mol. The van der Waals surface area contributed by atoms with Crippen molar-refractivity contribution in [2.24, 2.45) is 4.99 Å². The molecule has 1 fully saturated rings. The number of carboxylic acids is 1. The van der Waals surface area contributed by atoms with Gasteiger partial charge in [-0.15, -0.1) is 0 Å². The third-order valence-electron chi connectivity index (χ3n) is 3.91. The van der Waals surface area contributed by atoms with E-state index < -0.39 is 5.97 Å². The minimum Gasteiger partial charge on any atom is -0.504 e. The van der Waals surface area contributed by atoms with E-state index in [-0.39, 0.29) is 17.2 Å². The number of benzene rings is 2. The third kappa shape index (κ3) is 4.34. The highest BCUT2D eigenvalue weighted by Gasteiger charge is 2.24. The average molecular weight is 398 g/mol. The van der Waals surface area contributed by atoms with Gasteiger partial charge in [-0.3, -0.25) is 4.79 Å². The molecule has 8 heteroatoms. The number of aromatic hydroxyl groups is 1. The van der Waals surface area contributed by atoms with E-state index >= 15 is 0 Å². The summed E-state index contributed by atoms with van der Waals surface area (Å²) in [6.45, 7) is 4.04. The number of thioether (sulfide) groups is 1. The number of aryl methyl sites for hydroxylation is 1. The summed E-state index contributed by atoms with van der Waals surface area (Å²) in [5, 5.41) is 22.0. The van der Waals surface area contributed by atoms with Crippen LogP contribution in [0, 0.1) is 6.92 Å².